The lowest BCUT2D eigenvalue weighted by atomic mass is 9.96. The Kier molecular flexibility index (Phi) is 8.14. The van der Waals surface area contributed by atoms with Crippen molar-refractivity contribution in [2.75, 3.05) is 6.61 Å². The fraction of sp³-hybridized carbons (Fsp3) is 0.724. The number of carbonyl (C=O) groups excluding carboxylic acids is 2. The van der Waals surface area contributed by atoms with E-state index >= 15 is 0 Å². The molecule has 4 heterocycles. The molecule has 4 saturated heterocycles. The van der Waals surface area contributed by atoms with Crippen molar-refractivity contribution in [1.82, 2.24) is 0 Å². The van der Waals surface area contributed by atoms with Crippen molar-refractivity contribution in [2.45, 2.75) is 128 Å². The van der Waals surface area contributed by atoms with Gasteiger partial charge >= 0.3 is 5.97 Å². The largest absolute Gasteiger partial charge is 0.459 e. The van der Waals surface area contributed by atoms with Gasteiger partial charge in [0.25, 0.3) is 0 Å². The maximum absolute atomic E-state index is 13.8. The van der Waals surface area contributed by atoms with Crippen molar-refractivity contribution in [3.63, 3.8) is 0 Å². The lowest BCUT2D eigenvalue weighted by Gasteiger charge is -2.31. The molecule has 0 saturated carbocycles. The number of benzene rings is 1. The third-order valence-corrected chi connectivity index (χ3v) is 7.24. The van der Waals surface area contributed by atoms with Crippen LogP contribution < -0.4 is 0 Å². The third-order valence-electron chi connectivity index (χ3n) is 7.24. The van der Waals surface area contributed by atoms with Gasteiger partial charge in [-0.15, -0.1) is 0 Å². The topological polar surface area (TPSA) is 117 Å². The number of ether oxygens (including phenoxy) is 9. The van der Waals surface area contributed by atoms with Crippen LogP contribution in [0.2, 0.25) is 0 Å². The Balaban J connectivity index is 1.35. The Morgan fingerprint density at radius 2 is 1.57 bits per heavy atom. The van der Waals surface area contributed by atoms with Crippen LogP contribution in [0.25, 0.3) is 0 Å². The van der Waals surface area contributed by atoms with E-state index in [-0.39, 0.29) is 25.4 Å². The molecule has 1 aromatic carbocycles. The minimum atomic E-state index is -1.02. The van der Waals surface area contributed by atoms with Gasteiger partial charge in [-0.2, -0.15) is 0 Å². The summed E-state index contributed by atoms with van der Waals surface area (Å²) in [6.45, 7) is 12.5. The summed E-state index contributed by atoms with van der Waals surface area (Å²) in [4.78, 5) is 26.0. The molecule has 0 bridgehead atoms. The van der Waals surface area contributed by atoms with Gasteiger partial charge in [-0.05, 0) is 47.1 Å². The highest BCUT2D eigenvalue weighted by Gasteiger charge is 2.59. The van der Waals surface area contributed by atoms with Crippen LogP contribution in [0.4, 0.5) is 0 Å². The van der Waals surface area contributed by atoms with E-state index in [1.165, 1.54) is 6.92 Å². The van der Waals surface area contributed by atoms with E-state index in [4.69, 9.17) is 42.6 Å². The van der Waals surface area contributed by atoms with Crippen molar-refractivity contribution in [1.29, 1.82) is 0 Å². The fourth-order valence-electron chi connectivity index (χ4n) is 5.70. The highest BCUT2D eigenvalue weighted by Crippen LogP contribution is 2.42. The van der Waals surface area contributed by atoms with Crippen molar-refractivity contribution < 1.29 is 52.2 Å². The first-order valence-corrected chi connectivity index (χ1v) is 13.8. The molecule has 11 nitrogen and oxygen atoms in total. The summed E-state index contributed by atoms with van der Waals surface area (Å²) < 4.78 is 54.1. The number of Topliss-reactive ketones (excluding diaryl/α,β-unsaturated/α-hetero) is 1. The Morgan fingerprint density at radius 1 is 0.900 bits per heavy atom. The molecule has 4 aliphatic heterocycles. The van der Waals surface area contributed by atoms with Gasteiger partial charge < -0.3 is 42.6 Å². The average Bonchev–Trinajstić information content (AvgIpc) is 3.56. The predicted octanol–water partition coefficient (Wildman–Crippen LogP) is 3.01. The van der Waals surface area contributed by atoms with Crippen LogP contribution in [0, 0.1) is 0 Å². The molecule has 1 aromatic rings. The lowest BCUT2D eigenvalue weighted by Crippen LogP contribution is -2.48. The highest BCUT2D eigenvalue weighted by atomic mass is 16.8. The number of hydrogen-bond donors (Lipinski definition) is 0. The molecule has 0 spiro atoms. The summed E-state index contributed by atoms with van der Waals surface area (Å²) in [5, 5.41) is 0. The molecule has 8 atom stereocenters. The zero-order chi connectivity index (χ0) is 28.9. The van der Waals surface area contributed by atoms with Gasteiger partial charge in [0.05, 0.1) is 13.2 Å². The van der Waals surface area contributed by atoms with Crippen LogP contribution in [-0.2, 0) is 58.8 Å². The summed E-state index contributed by atoms with van der Waals surface area (Å²) in [5.41, 5.74) is 0.950. The summed E-state index contributed by atoms with van der Waals surface area (Å²) in [6.07, 6.45) is -6.21. The van der Waals surface area contributed by atoms with Crippen molar-refractivity contribution in [2.24, 2.45) is 0 Å². The molecule has 40 heavy (non-hydrogen) atoms. The smallest absolute Gasteiger partial charge is 0.303 e. The first kappa shape index (κ1) is 29.5. The van der Waals surface area contributed by atoms with E-state index in [0.717, 1.165) is 5.56 Å². The third kappa shape index (κ3) is 6.57. The second-order valence-electron chi connectivity index (χ2n) is 12.0. The lowest BCUT2D eigenvalue weighted by molar-refractivity contribution is -0.233. The molecule has 0 aliphatic carbocycles. The van der Waals surface area contributed by atoms with E-state index < -0.39 is 72.3 Å². The quantitative estimate of drug-likeness (QED) is 0.412. The second kappa shape index (κ2) is 11.0. The normalized spacial score (nSPS) is 36.3. The Bertz CT molecular complexity index is 1070. The summed E-state index contributed by atoms with van der Waals surface area (Å²) >= 11 is 0. The number of carbonyl (C=O) groups is 2. The molecular weight excluding hydrogens is 524 g/mol. The highest BCUT2D eigenvalue weighted by molar-refractivity contribution is 5.85. The molecule has 0 unspecified atom stereocenters. The SMILES string of the molecule is CC(=O)O[C@@H](CC(=O)[C@H]1OC(C)(C)O[C@@H]1[C@H]1COC(C)(C)O1)[C@H]1O[C@@H]2OC(C)(C)O[C@@H]2[C@H]1OCc1ccccc1. The molecule has 4 aliphatic rings. The second-order valence-corrected chi connectivity index (χ2v) is 12.0. The van der Waals surface area contributed by atoms with Crippen LogP contribution in [0.15, 0.2) is 30.3 Å². The zero-order valence-electron chi connectivity index (χ0n) is 24.1. The van der Waals surface area contributed by atoms with Crippen LogP contribution in [0.5, 0.6) is 0 Å². The van der Waals surface area contributed by atoms with Gasteiger partial charge in [-0.3, -0.25) is 9.59 Å². The fourth-order valence-corrected chi connectivity index (χ4v) is 5.70. The summed E-state index contributed by atoms with van der Waals surface area (Å²) in [7, 11) is 0. The van der Waals surface area contributed by atoms with Crippen LogP contribution in [0.3, 0.4) is 0 Å². The van der Waals surface area contributed by atoms with Crippen molar-refractivity contribution in [3.05, 3.63) is 35.9 Å². The van der Waals surface area contributed by atoms with Gasteiger partial charge in [0.2, 0.25) is 0 Å². The Hall–Kier alpha value is -1.96. The molecular formula is C29H40O11. The molecule has 0 amide bonds. The number of rotatable bonds is 9. The monoisotopic (exact) mass is 564 g/mol. The van der Waals surface area contributed by atoms with Gasteiger partial charge in [-0.25, -0.2) is 0 Å². The maximum atomic E-state index is 13.8. The number of fused-ring (bicyclic) bond motifs is 1. The number of ketones is 1. The number of hydrogen-bond acceptors (Lipinski definition) is 11. The van der Waals surface area contributed by atoms with E-state index in [9.17, 15) is 9.59 Å². The minimum Gasteiger partial charge on any atom is -0.459 e. The van der Waals surface area contributed by atoms with Crippen LogP contribution in [0.1, 0.15) is 60.5 Å². The number of esters is 1. The van der Waals surface area contributed by atoms with Gasteiger partial charge in [-0.1, -0.05) is 30.3 Å². The van der Waals surface area contributed by atoms with Crippen LogP contribution >= 0.6 is 0 Å². The summed E-state index contributed by atoms with van der Waals surface area (Å²) in [5.74, 6) is -3.59. The molecule has 0 N–H and O–H groups in total. The first-order chi connectivity index (χ1) is 18.7. The molecule has 222 valence electrons. The van der Waals surface area contributed by atoms with Gasteiger partial charge in [0, 0.05) is 13.3 Å². The van der Waals surface area contributed by atoms with E-state index in [2.05, 4.69) is 0 Å². The van der Waals surface area contributed by atoms with Gasteiger partial charge in [0.15, 0.2) is 29.4 Å². The minimum absolute atomic E-state index is 0.199. The Labute approximate surface area is 234 Å². The van der Waals surface area contributed by atoms with Crippen molar-refractivity contribution >= 4 is 11.8 Å². The van der Waals surface area contributed by atoms with E-state index in [1.807, 2.05) is 30.3 Å². The van der Waals surface area contributed by atoms with E-state index in [1.54, 1.807) is 41.5 Å². The first-order valence-electron chi connectivity index (χ1n) is 13.8. The molecule has 0 radical (unpaired) electrons. The predicted molar refractivity (Wildman–Crippen MR) is 138 cm³/mol. The van der Waals surface area contributed by atoms with Crippen molar-refractivity contribution in [3.8, 4) is 0 Å². The Morgan fingerprint density at radius 3 is 2.23 bits per heavy atom. The standard InChI is InChI=1S/C29H40O11/c1-16(30)34-19(13-18(31)21-23(38-28(4,5)37-21)20-15-33-27(2,3)36-20)22-24(32-14-17-11-9-8-10-12-17)25-26(35-22)40-29(6,7)39-25/h8-12,19-26H,13-15H2,1-7H3/t19-,20+,21+,22+,23+,24-,25+,26+/m0/s1. The van der Waals surface area contributed by atoms with E-state index in [0.29, 0.717) is 0 Å². The molecule has 5 rings (SSSR count). The van der Waals surface area contributed by atoms with Crippen LogP contribution in [-0.4, -0.2) is 84.7 Å². The molecule has 4 fully saturated rings. The molecule has 0 aromatic heterocycles. The summed E-state index contributed by atoms with van der Waals surface area (Å²) in [6, 6.07) is 9.66. The molecule has 11 heteroatoms. The zero-order valence-corrected chi connectivity index (χ0v) is 24.1. The average molecular weight is 565 g/mol. The maximum Gasteiger partial charge on any atom is 0.303 e. The van der Waals surface area contributed by atoms with Gasteiger partial charge in [0.1, 0.15) is 42.7 Å².